The zero-order valence-electron chi connectivity index (χ0n) is 14.9. The Bertz CT molecular complexity index is 1370. The van der Waals surface area contributed by atoms with E-state index in [-0.39, 0.29) is 39.5 Å². The van der Waals surface area contributed by atoms with Gasteiger partial charge in [-0.1, -0.05) is 54.6 Å². The summed E-state index contributed by atoms with van der Waals surface area (Å²) in [6.07, 6.45) is 0. The number of rotatable bonds is 3. The number of carbonyl (C=O) groups is 4. The van der Waals surface area contributed by atoms with Crippen molar-refractivity contribution >= 4 is 34.0 Å². The normalized spacial score (nSPS) is 12.6. The van der Waals surface area contributed by atoms with Gasteiger partial charge in [0.2, 0.25) is 5.78 Å². The Kier molecular flexibility index (Phi) is 3.61. The standard InChI is InChI=1S/C23H12N2O4/c26-20(12-6-2-1-3-7-12)23(29)19-16-11-10-15-17(18(16)24-25-19)22(28)14-9-5-4-8-13(14)21(15)27/h1-11H,(H,24,25). The van der Waals surface area contributed by atoms with E-state index in [1.54, 1.807) is 60.7 Å². The number of aromatic nitrogens is 2. The lowest BCUT2D eigenvalue weighted by Gasteiger charge is -2.17. The molecule has 1 heterocycles. The van der Waals surface area contributed by atoms with Crippen molar-refractivity contribution in [3.8, 4) is 0 Å². The van der Waals surface area contributed by atoms with Crippen molar-refractivity contribution in [2.45, 2.75) is 0 Å². The monoisotopic (exact) mass is 380 g/mol. The summed E-state index contributed by atoms with van der Waals surface area (Å²) in [6.45, 7) is 0. The SMILES string of the molecule is O=C(C(=O)c1[nH]nc2c3c(ccc12)C(=O)c1ccccc1C3=O)c1ccccc1. The largest absolute Gasteiger partial charge is 0.289 e. The van der Waals surface area contributed by atoms with Crippen LogP contribution in [0.15, 0.2) is 66.7 Å². The van der Waals surface area contributed by atoms with Gasteiger partial charge in [-0.15, -0.1) is 0 Å². The number of carbonyl (C=O) groups excluding carboxylic acids is 4. The molecule has 1 aliphatic carbocycles. The maximum atomic E-state index is 13.0. The van der Waals surface area contributed by atoms with Crippen LogP contribution in [0.25, 0.3) is 10.9 Å². The molecule has 1 aromatic heterocycles. The maximum absolute atomic E-state index is 13.0. The molecule has 0 fully saturated rings. The van der Waals surface area contributed by atoms with Gasteiger partial charge in [0.15, 0.2) is 11.6 Å². The highest BCUT2D eigenvalue weighted by molar-refractivity contribution is 6.50. The molecule has 1 aliphatic rings. The van der Waals surface area contributed by atoms with E-state index in [0.717, 1.165) is 0 Å². The highest BCUT2D eigenvalue weighted by atomic mass is 16.2. The zero-order chi connectivity index (χ0) is 20.1. The molecule has 6 nitrogen and oxygen atoms in total. The Morgan fingerprint density at radius 2 is 1.34 bits per heavy atom. The summed E-state index contributed by atoms with van der Waals surface area (Å²) in [6, 6.07) is 17.8. The molecule has 0 atom stereocenters. The number of H-pyrrole nitrogens is 1. The number of ketones is 4. The molecule has 0 bridgehead atoms. The number of benzene rings is 3. The minimum Gasteiger partial charge on any atom is -0.289 e. The van der Waals surface area contributed by atoms with Crippen molar-refractivity contribution in [2.75, 3.05) is 0 Å². The Balaban J connectivity index is 1.66. The molecule has 0 saturated carbocycles. The predicted octanol–water partition coefficient (Wildman–Crippen LogP) is 3.40. The van der Waals surface area contributed by atoms with Gasteiger partial charge >= 0.3 is 0 Å². The summed E-state index contributed by atoms with van der Waals surface area (Å²) in [5.41, 5.74) is 1.49. The van der Waals surface area contributed by atoms with Crippen molar-refractivity contribution in [3.63, 3.8) is 0 Å². The molecule has 0 saturated heterocycles. The molecule has 1 N–H and O–H groups in total. The minimum atomic E-state index is -0.756. The first-order valence-electron chi connectivity index (χ1n) is 8.91. The van der Waals surface area contributed by atoms with E-state index in [0.29, 0.717) is 16.5 Å². The van der Waals surface area contributed by atoms with E-state index < -0.39 is 11.6 Å². The van der Waals surface area contributed by atoms with E-state index in [1.807, 2.05) is 0 Å². The maximum Gasteiger partial charge on any atom is 0.251 e. The third kappa shape index (κ3) is 2.39. The lowest BCUT2D eigenvalue weighted by Crippen LogP contribution is -2.21. The molecule has 0 amide bonds. The van der Waals surface area contributed by atoms with Gasteiger partial charge in [0.25, 0.3) is 5.78 Å². The predicted molar refractivity (Wildman–Crippen MR) is 105 cm³/mol. The lowest BCUT2D eigenvalue weighted by molar-refractivity contribution is 0.0815. The molecular formula is C23H12N2O4. The van der Waals surface area contributed by atoms with Gasteiger partial charge < -0.3 is 0 Å². The first-order valence-corrected chi connectivity index (χ1v) is 8.91. The fourth-order valence-corrected chi connectivity index (χ4v) is 3.67. The number of hydrogen-bond donors (Lipinski definition) is 1. The minimum absolute atomic E-state index is 0.00393. The Morgan fingerprint density at radius 1 is 0.690 bits per heavy atom. The fourth-order valence-electron chi connectivity index (χ4n) is 3.67. The van der Waals surface area contributed by atoms with Gasteiger partial charge in [0.1, 0.15) is 11.2 Å². The molecule has 0 unspecified atom stereocenters. The van der Waals surface area contributed by atoms with Gasteiger partial charge in [-0.05, 0) is 12.1 Å². The van der Waals surface area contributed by atoms with Crippen molar-refractivity contribution in [3.05, 3.63) is 100 Å². The summed E-state index contributed by atoms with van der Waals surface area (Å²) in [4.78, 5) is 51.2. The van der Waals surface area contributed by atoms with E-state index in [1.165, 1.54) is 6.07 Å². The van der Waals surface area contributed by atoms with Gasteiger partial charge in [-0.25, -0.2) is 0 Å². The van der Waals surface area contributed by atoms with Crippen molar-refractivity contribution in [1.29, 1.82) is 0 Å². The van der Waals surface area contributed by atoms with Crippen LogP contribution in [0, 0.1) is 0 Å². The lowest BCUT2D eigenvalue weighted by atomic mass is 9.83. The van der Waals surface area contributed by atoms with Crippen molar-refractivity contribution in [2.24, 2.45) is 0 Å². The number of aromatic amines is 1. The van der Waals surface area contributed by atoms with E-state index in [4.69, 9.17) is 0 Å². The second kappa shape index (κ2) is 6.17. The van der Waals surface area contributed by atoms with Crippen LogP contribution in [0.2, 0.25) is 0 Å². The summed E-state index contributed by atoms with van der Waals surface area (Å²) in [5.74, 6) is -2.04. The first kappa shape index (κ1) is 16.9. The Hall–Kier alpha value is -4.19. The van der Waals surface area contributed by atoms with Crippen LogP contribution in [0.3, 0.4) is 0 Å². The molecule has 0 radical (unpaired) electrons. The second-order valence-electron chi connectivity index (χ2n) is 6.71. The third-order valence-electron chi connectivity index (χ3n) is 5.08. The van der Waals surface area contributed by atoms with E-state index in [9.17, 15) is 19.2 Å². The first-order chi connectivity index (χ1) is 14.1. The number of Topliss-reactive ketones (excluding diaryl/α,β-unsaturated/α-hetero) is 2. The number of nitrogens with one attached hydrogen (secondary N) is 1. The summed E-state index contributed by atoms with van der Waals surface area (Å²) >= 11 is 0. The molecule has 138 valence electrons. The van der Waals surface area contributed by atoms with Crippen LogP contribution in [-0.2, 0) is 0 Å². The molecule has 29 heavy (non-hydrogen) atoms. The molecule has 4 aromatic rings. The van der Waals surface area contributed by atoms with Crippen LogP contribution in [-0.4, -0.2) is 33.3 Å². The number of nitrogens with zero attached hydrogens (tertiary/aromatic N) is 1. The molecule has 5 rings (SSSR count). The van der Waals surface area contributed by atoms with Crippen LogP contribution in [0.4, 0.5) is 0 Å². The van der Waals surface area contributed by atoms with Crippen LogP contribution < -0.4 is 0 Å². The van der Waals surface area contributed by atoms with Gasteiger partial charge in [-0.2, -0.15) is 5.10 Å². The van der Waals surface area contributed by atoms with Gasteiger partial charge in [0, 0.05) is 27.6 Å². The molecule has 0 aliphatic heterocycles. The topological polar surface area (TPSA) is 97.0 Å². The van der Waals surface area contributed by atoms with E-state index in [2.05, 4.69) is 10.2 Å². The Morgan fingerprint density at radius 3 is 2.07 bits per heavy atom. The summed E-state index contributed by atoms with van der Waals surface area (Å²) in [7, 11) is 0. The van der Waals surface area contributed by atoms with E-state index >= 15 is 0 Å². The summed E-state index contributed by atoms with van der Waals surface area (Å²) in [5, 5.41) is 7.04. The van der Waals surface area contributed by atoms with Crippen LogP contribution >= 0.6 is 0 Å². The molecular weight excluding hydrogens is 368 g/mol. The van der Waals surface area contributed by atoms with Crippen molar-refractivity contribution < 1.29 is 19.2 Å². The average Bonchev–Trinajstić information content (AvgIpc) is 3.20. The molecule has 3 aromatic carbocycles. The molecule has 6 heteroatoms. The quantitative estimate of drug-likeness (QED) is 0.382. The van der Waals surface area contributed by atoms with Crippen LogP contribution in [0.1, 0.15) is 52.7 Å². The second-order valence-corrected chi connectivity index (χ2v) is 6.71. The number of fused-ring (bicyclic) bond motifs is 4. The Labute approximate surface area is 164 Å². The third-order valence-corrected chi connectivity index (χ3v) is 5.08. The highest BCUT2D eigenvalue weighted by Crippen LogP contribution is 2.32. The van der Waals surface area contributed by atoms with Gasteiger partial charge in [-0.3, -0.25) is 24.3 Å². The smallest absolute Gasteiger partial charge is 0.251 e. The highest BCUT2D eigenvalue weighted by Gasteiger charge is 2.33. The van der Waals surface area contributed by atoms with Crippen LogP contribution in [0.5, 0.6) is 0 Å². The number of hydrogen-bond acceptors (Lipinski definition) is 5. The zero-order valence-corrected chi connectivity index (χ0v) is 14.9. The van der Waals surface area contributed by atoms with Gasteiger partial charge in [0.05, 0.1) is 5.56 Å². The average molecular weight is 380 g/mol. The fraction of sp³-hybridized carbons (Fsp3) is 0. The van der Waals surface area contributed by atoms with Crippen molar-refractivity contribution in [1.82, 2.24) is 10.2 Å². The molecule has 0 spiro atoms. The summed E-state index contributed by atoms with van der Waals surface area (Å²) < 4.78 is 0.